The van der Waals surface area contributed by atoms with Crippen molar-refractivity contribution in [1.29, 1.82) is 0 Å². The van der Waals surface area contributed by atoms with Gasteiger partial charge in [-0.2, -0.15) is 0 Å². The smallest absolute Gasteiger partial charge is 0.414 e. The predicted octanol–water partition coefficient (Wildman–Crippen LogP) is 2.20. The van der Waals surface area contributed by atoms with E-state index < -0.39 is 11.9 Å². The van der Waals surface area contributed by atoms with Crippen molar-refractivity contribution >= 4 is 17.8 Å². The number of methoxy groups -OCH3 is 3. The van der Waals surface area contributed by atoms with Crippen molar-refractivity contribution in [3.05, 3.63) is 17.7 Å². The summed E-state index contributed by atoms with van der Waals surface area (Å²) in [4.78, 5) is 35.7. The van der Waals surface area contributed by atoms with Crippen molar-refractivity contribution in [2.75, 3.05) is 47.5 Å². The Morgan fingerprint density at radius 2 is 1.30 bits per heavy atom. The molecule has 1 saturated carbocycles. The van der Waals surface area contributed by atoms with E-state index >= 15 is 0 Å². The van der Waals surface area contributed by atoms with Crippen LogP contribution < -0.4 is 14.2 Å². The van der Waals surface area contributed by atoms with Crippen LogP contribution in [0, 0.1) is 5.92 Å². The number of carbonyl (C=O) groups excluding carboxylic acids is 1. The van der Waals surface area contributed by atoms with Crippen molar-refractivity contribution in [3.63, 3.8) is 0 Å². The summed E-state index contributed by atoms with van der Waals surface area (Å²) in [5.41, 5.74) is 0.574. The fraction of sp³-hybridized carbons (Fsp3) is 0.609. The number of aliphatic carboxylic acids is 2. The lowest BCUT2D eigenvalue weighted by Crippen LogP contribution is -2.52. The van der Waals surface area contributed by atoms with E-state index in [-0.39, 0.29) is 5.91 Å². The summed E-state index contributed by atoms with van der Waals surface area (Å²) in [7, 11) is 4.69. The van der Waals surface area contributed by atoms with Gasteiger partial charge < -0.3 is 29.3 Å². The second-order valence-electron chi connectivity index (χ2n) is 8.27. The lowest BCUT2D eigenvalue weighted by atomic mass is 9.86. The molecule has 33 heavy (non-hydrogen) atoms. The van der Waals surface area contributed by atoms with Crippen LogP contribution in [-0.4, -0.2) is 91.4 Å². The molecule has 10 nitrogen and oxygen atoms in total. The second-order valence-corrected chi connectivity index (χ2v) is 8.27. The van der Waals surface area contributed by atoms with Crippen LogP contribution in [0.2, 0.25) is 0 Å². The largest absolute Gasteiger partial charge is 0.493 e. The van der Waals surface area contributed by atoms with E-state index in [2.05, 4.69) is 11.8 Å². The summed E-state index contributed by atoms with van der Waals surface area (Å²) >= 11 is 0. The maximum absolute atomic E-state index is 13.0. The molecule has 2 N–H and O–H groups in total. The minimum Gasteiger partial charge on any atom is -0.493 e. The van der Waals surface area contributed by atoms with Gasteiger partial charge in [0.15, 0.2) is 11.5 Å². The van der Waals surface area contributed by atoms with Gasteiger partial charge in [0.25, 0.3) is 5.91 Å². The van der Waals surface area contributed by atoms with Crippen LogP contribution in [0.1, 0.15) is 43.0 Å². The molecule has 1 aromatic rings. The number of nitrogens with zero attached hydrogens (tertiary/aromatic N) is 2. The summed E-state index contributed by atoms with van der Waals surface area (Å²) < 4.78 is 16.1. The molecular weight excluding hydrogens is 432 g/mol. The first-order valence-electron chi connectivity index (χ1n) is 11.0. The minimum atomic E-state index is -1.82. The molecule has 0 aromatic heterocycles. The molecule has 0 spiro atoms. The highest BCUT2D eigenvalue weighted by Crippen LogP contribution is 2.38. The van der Waals surface area contributed by atoms with Gasteiger partial charge in [-0.05, 0) is 43.7 Å². The van der Waals surface area contributed by atoms with Crippen molar-refractivity contribution in [1.82, 2.24) is 9.80 Å². The fourth-order valence-corrected chi connectivity index (χ4v) is 4.28. The summed E-state index contributed by atoms with van der Waals surface area (Å²) in [6.07, 6.45) is 5.24. The van der Waals surface area contributed by atoms with Crippen LogP contribution in [0.25, 0.3) is 0 Å². The molecule has 2 aliphatic rings. The molecule has 1 aliphatic heterocycles. The van der Waals surface area contributed by atoms with Gasteiger partial charge in [0.1, 0.15) is 0 Å². The fourth-order valence-electron chi connectivity index (χ4n) is 4.28. The van der Waals surface area contributed by atoms with Gasteiger partial charge in [-0.15, -0.1) is 0 Å². The minimum absolute atomic E-state index is 0.0196. The molecule has 1 heterocycles. The van der Waals surface area contributed by atoms with E-state index in [1.54, 1.807) is 33.5 Å². The molecule has 184 valence electrons. The third kappa shape index (κ3) is 6.98. The second kappa shape index (κ2) is 12.3. The molecule has 10 heteroatoms. The Labute approximate surface area is 194 Å². The highest BCUT2D eigenvalue weighted by Gasteiger charge is 2.29. The monoisotopic (exact) mass is 466 g/mol. The SMILES string of the molecule is COc1cc(C(=O)N2CCN(C3CCC(C)CC3)CC2)cc(OC)c1OC.O=C(O)C(=O)O. The van der Waals surface area contributed by atoms with Crippen LogP contribution in [0.5, 0.6) is 17.2 Å². The Kier molecular flexibility index (Phi) is 9.77. The number of hydrogen-bond acceptors (Lipinski definition) is 7. The van der Waals surface area contributed by atoms with Crippen molar-refractivity contribution in [2.45, 2.75) is 38.6 Å². The topological polar surface area (TPSA) is 126 Å². The Bertz CT molecular complexity index is 791. The van der Waals surface area contributed by atoms with Gasteiger partial charge in [-0.1, -0.05) is 6.92 Å². The van der Waals surface area contributed by atoms with E-state index in [4.69, 9.17) is 34.0 Å². The molecule has 1 aromatic carbocycles. The maximum atomic E-state index is 13.0. The number of amides is 1. The highest BCUT2D eigenvalue weighted by atomic mass is 16.5. The maximum Gasteiger partial charge on any atom is 0.414 e. The van der Waals surface area contributed by atoms with E-state index in [0.29, 0.717) is 28.9 Å². The molecule has 0 unspecified atom stereocenters. The molecular formula is C23H34N2O8. The zero-order valence-corrected chi connectivity index (χ0v) is 19.7. The number of rotatable bonds is 5. The lowest BCUT2D eigenvalue weighted by molar-refractivity contribution is -0.159. The van der Waals surface area contributed by atoms with Gasteiger partial charge in [0, 0.05) is 37.8 Å². The Morgan fingerprint density at radius 3 is 1.70 bits per heavy atom. The molecule has 2 fully saturated rings. The first-order valence-corrected chi connectivity index (χ1v) is 11.0. The van der Waals surface area contributed by atoms with Crippen molar-refractivity contribution < 1.29 is 38.8 Å². The summed E-state index contributed by atoms with van der Waals surface area (Å²) in [5.74, 6) is -1.24. The van der Waals surface area contributed by atoms with Crippen LogP contribution in [0.15, 0.2) is 12.1 Å². The summed E-state index contributed by atoms with van der Waals surface area (Å²) in [6.45, 7) is 5.79. The van der Waals surface area contributed by atoms with E-state index in [9.17, 15) is 4.79 Å². The predicted molar refractivity (Wildman–Crippen MR) is 120 cm³/mol. The number of piperazine rings is 1. The number of carboxylic acid groups (broad SMARTS) is 2. The number of carboxylic acids is 2. The van der Waals surface area contributed by atoms with Gasteiger partial charge in [0.05, 0.1) is 21.3 Å². The average Bonchev–Trinajstić information content (AvgIpc) is 2.83. The van der Waals surface area contributed by atoms with Gasteiger partial charge in [-0.25, -0.2) is 9.59 Å². The zero-order valence-electron chi connectivity index (χ0n) is 19.7. The van der Waals surface area contributed by atoms with E-state index in [1.807, 2.05) is 4.90 Å². The van der Waals surface area contributed by atoms with Crippen LogP contribution >= 0.6 is 0 Å². The molecule has 1 saturated heterocycles. The number of ether oxygens (including phenoxy) is 3. The highest BCUT2D eigenvalue weighted by molar-refractivity contribution is 6.27. The molecule has 1 amide bonds. The summed E-state index contributed by atoms with van der Waals surface area (Å²) in [6, 6.07) is 4.16. The Hall–Kier alpha value is -3.01. The van der Waals surface area contributed by atoms with Gasteiger partial charge in [0.2, 0.25) is 5.75 Å². The third-order valence-corrected chi connectivity index (χ3v) is 6.20. The number of carbonyl (C=O) groups is 3. The summed E-state index contributed by atoms with van der Waals surface area (Å²) in [5, 5.41) is 14.8. The zero-order chi connectivity index (χ0) is 24.5. The molecule has 0 atom stereocenters. The third-order valence-electron chi connectivity index (χ3n) is 6.20. The molecule has 0 radical (unpaired) electrons. The molecule has 1 aliphatic carbocycles. The van der Waals surface area contributed by atoms with Crippen LogP contribution in [-0.2, 0) is 9.59 Å². The Morgan fingerprint density at radius 1 is 0.818 bits per heavy atom. The van der Waals surface area contributed by atoms with Crippen LogP contribution in [0.3, 0.4) is 0 Å². The lowest BCUT2D eigenvalue weighted by Gasteiger charge is -2.41. The standard InChI is InChI=1S/C21H32N2O4.C2H2O4/c1-15-5-7-17(8-6-15)22-9-11-23(12-10-22)21(24)16-13-18(25-2)20(27-4)19(14-16)26-3;3-1(4)2(5)6/h13-15,17H,5-12H2,1-4H3;(H,3,4)(H,5,6). The van der Waals surface area contributed by atoms with Crippen molar-refractivity contribution in [2.24, 2.45) is 5.92 Å². The number of hydrogen-bond donors (Lipinski definition) is 2. The first-order chi connectivity index (χ1) is 15.7. The first kappa shape index (κ1) is 26.2. The van der Waals surface area contributed by atoms with Crippen LogP contribution in [0.4, 0.5) is 0 Å². The van der Waals surface area contributed by atoms with Gasteiger partial charge >= 0.3 is 11.9 Å². The molecule has 3 rings (SSSR count). The van der Waals surface area contributed by atoms with E-state index in [0.717, 1.165) is 32.1 Å². The number of benzene rings is 1. The molecule has 0 bridgehead atoms. The van der Waals surface area contributed by atoms with E-state index in [1.165, 1.54) is 25.7 Å². The Balaban J connectivity index is 0.000000569. The van der Waals surface area contributed by atoms with Crippen molar-refractivity contribution in [3.8, 4) is 17.2 Å². The normalized spacial score (nSPS) is 20.8. The van der Waals surface area contributed by atoms with Gasteiger partial charge in [-0.3, -0.25) is 9.69 Å². The quantitative estimate of drug-likeness (QED) is 0.628. The average molecular weight is 467 g/mol.